The summed E-state index contributed by atoms with van der Waals surface area (Å²) >= 11 is 0. The van der Waals surface area contributed by atoms with Crippen LogP contribution in [0.1, 0.15) is 25.0 Å². The van der Waals surface area contributed by atoms with Gasteiger partial charge < -0.3 is 0 Å². The first-order chi connectivity index (χ1) is 28.9. The first-order valence-corrected chi connectivity index (χ1v) is 20.3. The Bertz CT molecular complexity index is 3080. The molecule has 3 heteroatoms. The van der Waals surface area contributed by atoms with E-state index in [1.54, 1.807) is 0 Å². The van der Waals surface area contributed by atoms with Gasteiger partial charge in [-0.05, 0) is 101 Å². The Morgan fingerprint density at radius 2 is 0.610 bits per heavy atom. The molecule has 59 heavy (non-hydrogen) atoms. The molecule has 0 amide bonds. The third kappa shape index (κ3) is 6.20. The zero-order chi connectivity index (χ0) is 39.5. The average molecular weight is 754 g/mol. The molecule has 1 aliphatic rings. The molecule has 1 aliphatic carbocycles. The Morgan fingerprint density at radius 1 is 0.271 bits per heavy atom. The van der Waals surface area contributed by atoms with E-state index in [1.807, 2.05) is 0 Å². The van der Waals surface area contributed by atoms with Gasteiger partial charge in [0.25, 0.3) is 0 Å². The molecule has 1 heterocycles. The van der Waals surface area contributed by atoms with Crippen molar-refractivity contribution in [3.05, 3.63) is 211 Å². The number of rotatable bonds is 6. The van der Waals surface area contributed by atoms with E-state index in [0.717, 1.165) is 27.8 Å². The number of hydrogen-bond donors (Lipinski definition) is 0. The lowest BCUT2D eigenvalue weighted by molar-refractivity contribution is 0.660. The monoisotopic (exact) mass is 753 g/mol. The van der Waals surface area contributed by atoms with Crippen molar-refractivity contribution in [1.82, 2.24) is 15.0 Å². The van der Waals surface area contributed by atoms with Crippen LogP contribution in [0, 0.1) is 0 Å². The van der Waals surface area contributed by atoms with Crippen molar-refractivity contribution in [3.8, 4) is 78.7 Å². The summed E-state index contributed by atoms with van der Waals surface area (Å²) in [6.07, 6.45) is 0. The fourth-order valence-corrected chi connectivity index (χ4v) is 8.84. The fraction of sp³-hybridized carbons (Fsp3) is 0.0536. The minimum atomic E-state index is -0.132. The van der Waals surface area contributed by atoms with Crippen LogP contribution in [0.2, 0.25) is 0 Å². The molecule has 0 radical (unpaired) electrons. The van der Waals surface area contributed by atoms with E-state index in [4.69, 9.17) is 15.0 Å². The second kappa shape index (κ2) is 13.9. The van der Waals surface area contributed by atoms with Crippen LogP contribution in [0.15, 0.2) is 200 Å². The molecule has 0 saturated heterocycles. The molecule has 0 fully saturated rings. The van der Waals surface area contributed by atoms with Crippen LogP contribution < -0.4 is 0 Å². The standard InChI is InChI=1S/C56H39N3/c1-56(2)51-30-28-47(36-10-4-3-5-11-36)34-49(51)50-35-48(29-31-52(50)56)55-58-53(41-22-16-39(17-23-41)45-26-20-37-12-6-8-14-43(37)32-45)57-54(59-55)42-24-18-40(19-25-42)46-27-21-38-13-7-9-15-44(38)33-46/h3-35H,1-2H3. The van der Waals surface area contributed by atoms with E-state index in [2.05, 4.69) is 214 Å². The van der Waals surface area contributed by atoms with E-state index in [9.17, 15) is 0 Å². The molecule has 0 unspecified atom stereocenters. The van der Waals surface area contributed by atoms with E-state index in [0.29, 0.717) is 17.5 Å². The summed E-state index contributed by atoms with van der Waals surface area (Å²) in [5.41, 5.74) is 14.9. The fourth-order valence-electron chi connectivity index (χ4n) is 8.84. The maximum atomic E-state index is 5.20. The second-order valence-corrected chi connectivity index (χ2v) is 16.1. The molecule has 0 N–H and O–H groups in total. The Morgan fingerprint density at radius 3 is 1.12 bits per heavy atom. The van der Waals surface area contributed by atoms with Crippen LogP contribution >= 0.6 is 0 Å². The lowest BCUT2D eigenvalue weighted by Gasteiger charge is -2.21. The normalized spacial score (nSPS) is 12.7. The molecule has 278 valence electrons. The summed E-state index contributed by atoms with van der Waals surface area (Å²) in [6.45, 7) is 4.64. The Kier molecular flexibility index (Phi) is 8.16. The van der Waals surface area contributed by atoms with Crippen LogP contribution in [-0.4, -0.2) is 15.0 Å². The predicted octanol–water partition coefficient (Wildman–Crippen LogP) is 14.5. The lowest BCUT2D eigenvalue weighted by atomic mass is 9.82. The highest BCUT2D eigenvalue weighted by atomic mass is 15.0. The van der Waals surface area contributed by atoms with Crippen molar-refractivity contribution in [3.63, 3.8) is 0 Å². The highest BCUT2D eigenvalue weighted by Gasteiger charge is 2.36. The first-order valence-electron chi connectivity index (χ1n) is 20.3. The topological polar surface area (TPSA) is 38.7 Å². The molecular weight excluding hydrogens is 715 g/mol. The zero-order valence-electron chi connectivity index (χ0n) is 32.9. The first kappa shape index (κ1) is 34.7. The maximum Gasteiger partial charge on any atom is 0.164 e. The van der Waals surface area contributed by atoms with E-state index < -0.39 is 0 Å². The lowest BCUT2D eigenvalue weighted by Crippen LogP contribution is -2.14. The summed E-state index contributed by atoms with van der Waals surface area (Å²) in [6, 6.07) is 71.7. The molecule has 3 nitrogen and oxygen atoms in total. The van der Waals surface area contributed by atoms with Gasteiger partial charge in [0.05, 0.1) is 0 Å². The van der Waals surface area contributed by atoms with Gasteiger partial charge in [-0.3, -0.25) is 0 Å². The number of hydrogen-bond acceptors (Lipinski definition) is 3. The van der Waals surface area contributed by atoms with Crippen LogP contribution in [0.5, 0.6) is 0 Å². The molecule has 11 rings (SSSR count). The molecule has 0 spiro atoms. The van der Waals surface area contributed by atoms with Crippen molar-refractivity contribution >= 4 is 21.5 Å². The van der Waals surface area contributed by atoms with Gasteiger partial charge in [-0.15, -0.1) is 0 Å². The quantitative estimate of drug-likeness (QED) is 0.170. The van der Waals surface area contributed by atoms with Gasteiger partial charge in [-0.25, -0.2) is 15.0 Å². The number of fused-ring (bicyclic) bond motifs is 5. The highest BCUT2D eigenvalue weighted by molar-refractivity contribution is 5.90. The number of nitrogens with zero attached hydrogens (tertiary/aromatic N) is 3. The number of aromatic nitrogens is 3. The minimum Gasteiger partial charge on any atom is -0.208 e. The molecule has 1 aromatic heterocycles. The van der Waals surface area contributed by atoms with Gasteiger partial charge >= 0.3 is 0 Å². The maximum absolute atomic E-state index is 5.20. The van der Waals surface area contributed by atoms with Crippen molar-refractivity contribution in [2.75, 3.05) is 0 Å². The summed E-state index contributed by atoms with van der Waals surface area (Å²) in [4.78, 5) is 15.5. The zero-order valence-corrected chi connectivity index (χ0v) is 32.9. The van der Waals surface area contributed by atoms with Crippen molar-refractivity contribution in [2.24, 2.45) is 0 Å². The Hall–Kier alpha value is -7.49. The largest absolute Gasteiger partial charge is 0.208 e. The van der Waals surface area contributed by atoms with Gasteiger partial charge in [-0.1, -0.05) is 190 Å². The van der Waals surface area contributed by atoms with Gasteiger partial charge in [0, 0.05) is 22.1 Å². The molecule has 0 bridgehead atoms. The summed E-state index contributed by atoms with van der Waals surface area (Å²) in [5.74, 6) is 1.93. The van der Waals surface area contributed by atoms with Gasteiger partial charge in [0.1, 0.15) is 0 Å². The molecular formula is C56H39N3. The third-order valence-electron chi connectivity index (χ3n) is 12.1. The van der Waals surface area contributed by atoms with Crippen molar-refractivity contribution in [2.45, 2.75) is 19.3 Å². The summed E-state index contributed by atoms with van der Waals surface area (Å²) < 4.78 is 0. The van der Waals surface area contributed by atoms with Crippen LogP contribution in [0.3, 0.4) is 0 Å². The van der Waals surface area contributed by atoms with Gasteiger partial charge in [-0.2, -0.15) is 0 Å². The predicted molar refractivity (Wildman–Crippen MR) is 245 cm³/mol. The number of benzene rings is 9. The molecule has 0 saturated carbocycles. The third-order valence-corrected chi connectivity index (χ3v) is 12.1. The van der Waals surface area contributed by atoms with Gasteiger partial charge in [0.15, 0.2) is 17.5 Å². The molecule has 10 aromatic rings. The van der Waals surface area contributed by atoms with E-state index in [1.165, 1.54) is 66.1 Å². The smallest absolute Gasteiger partial charge is 0.164 e. The molecule has 9 aromatic carbocycles. The Labute approximate surface area is 344 Å². The molecule has 0 atom stereocenters. The minimum absolute atomic E-state index is 0.132. The van der Waals surface area contributed by atoms with Crippen LogP contribution in [-0.2, 0) is 5.41 Å². The Balaban J connectivity index is 1.01. The summed E-state index contributed by atoms with van der Waals surface area (Å²) in [7, 11) is 0. The van der Waals surface area contributed by atoms with Gasteiger partial charge in [0.2, 0.25) is 0 Å². The SMILES string of the molecule is CC1(C)c2ccc(-c3ccccc3)cc2-c2cc(-c3nc(-c4ccc(-c5ccc6ccccc6c5)cc4)nc(-c4ccc(-c5ccc6ccccc6c5)cc4)n3)ccc21. The second-order valence-electron chi connectivity index (χ2n) is 16.1. The highest BCUT2D eigenvalue weighted by Crippen LogP contribution is 2.50. The van der Waals surface area contributed by atoms with E-state index in [-0.39, 0.29) is 5.41 Å². The summed E-state index contributed by atoms with van der Waals surface area (Å²) in [5, 5.41) is 4.92. The molecule has 0 aliphatic heterocycles. The van der Waals surface area contributed by atoms with Crippen molar-refractivity contribution < 1.29 is 0 Å². The van der Waals surface area contributed by atoms with Crippen molar-refractivity contribution in [1.29, 1.82) is 0 Å². The van der Waals surface area contributed by atoms with Crippen LogP contribution in [0.4, 0.5) is 0 Å². The van der Waals surface area contributed by atoms with Crippen LogP contribution in [0.25, 0.3) is 100 Å². The van der Waals surface area contributed by atoms with E-state index >= 15 is 0 Å². The average Bonchev–Trinajstić information content (AvgIpc) is 3.53.